The Balaban J connectivity index is 1.31. The van der Waals surface area contributed by atoms with Crippen LogP contribution in [-0.4, -0.2) is 84.0 Å². The van der Waals surface area contributed by atoms with E-state index >= 15 is 0 Å². The van der Waals surface area contributed by atoms with Crippen molar-refractivity contribution in [3.63, 3.8) is 0 Å². The van der Waals surface area contributed by atoms with Crippen molar-refractivity contribution in [1.29, 1.82) is 0 Å². The lowest BCUT2D eigenvalue weighted by atomic mass is 10.0. The fraction of sp³-hybridized carbons (Fsp3) is 0.419. The standard InChI is InChI=1S/C31H33FN6O4/c1-20(32)30(40)38-12-11-37(18-22(38)17-33-2)29-26-9-10-36(28-16-23(39)15-21-5-3-4-6-25(21)28)19-27(26)34-31(35-29)42-14-13-41-24-7-8-24/h3-6,15-16,22,24,39H,1,7-14,17-19H2/t22-/m0/s1. The van der Waals surface area contributed by atoms with Crippen LogP contribution < -0.4 is 14.5 Å². The Bertz CT molecular complexity index is 1550. The number of hydrogen-bond donors (Lipinski definition) is 1. The summed E-state index contributed by atoms with van der Waals surface area (Å²) < 4.78 is 25.4. The lowest BCUT2D eigenvalue weighted by Crippen LogP contribution is -2.57. The van der Waals surface area contributed by atoms with E-state index in [2.05, 4.69) is 16.3 Å². The zero-order valence-corrected chi connectivity index (χ0v) is 23.3. The van der Waals surface area contributed by atoms with E-state index in [1.807, 2.05) is 29.2 Å². The molecule has 42 heavy (non-hydrogen) atoms. The normalized spacial score (nSPS) is 18.5. The quantitative estimate of drug-likeness (QED) is 0.235. The van der Waals surface area contributed by atoms with Gasteiger partial charge >= 0.3 is 6.01 Å². The highest BCUT2D eigenvalue weighted by molar-refractivity contribution is 5.95. The van der Waals surface area contributed by atoms with Crippen molar-refractivity contribution in [3.05, 3.63) is 71.5 Å². The Kier molecular flexibility index (Phi) is 7.80. The van der Waals surface area contributed by atoms with Crippen molar-refractivity contribution in [2.75, 3.05) is 55.7 Å². The Morgan fingerprint density at radius 2 is 1.98 bits per heavy atom. The van der Waals surface area contributed by atoms with Crippen molar-refractivity contribution >= 4 is 28.2 Å². The van der Waals surface area contributed by atoms with Gasteiger partial charge in [-0.2, -0.15) is 9.97 Å². The first-order valence-corrected chi connectivity index (χ1v) is 14.3. The predicted molar refractivity (Wildman–Crippen MR) is 156 cm³/mol. The van der Waals surface area contributed by atoms with E-state index in [4.69, 9.17) is 26.0 Å². The number of ether oxygens (including phenoxy) is 2. The molecule has 2 aromatic carbocycles. The molecule has 10 nitrogen and oxygen atoms in total. The first-order valence-electron chi connectivity index (χ1n) is 14.3. The molecular formula is C31H33FN6O4. The average Bonchev–Trinajstić information content (AvgIpc) is 3.82. The molecule has 0 unspecified atom stereocenters. The van der Waals surface area contributed by atoms with Crippen molar-refractivity contribution in [1.82, 2.24) is 14.9 Å². The number of nitrogens with zero attached hydrogens (tertiary/aromatic N) is 6. The van der Waals surface area contributed by atoms with Crippen molar-refractivity contribution in [3.8, 4) is 11.8 Å². The third-order valence-corrected chi connectivity index (χ3v) is 7.96. The molecule has 2 fully saturated rings. The van der Waals surface area contributed by atoms with E-state index in [0.717, 1.165) is 40.6 Å². The van der Waals surface area contributed by atoms with Gasteiger partial charge in [-0.1, -0.05) is 30.8 Å². The van der Waals surface area contributed by atoms with Gasteiger partial charge < -0.3 is 34.1 Å². The lowest BCUT2D eigenvalue weighted by molar-refractivity contribution is -0.131. The molecule has 6 rings (SSSR count). The second-order valence-electron chi connectivity index (χ2n) is 10.9. The molecule has 1 aliphatic carbocycles. The Hall–Kier alpha value is -4.43. The summed E-state index contributed by atoms with van der Waals surface area (Å²) in [5.41, 5.74) is 2.72. The van der Waals surface area contributed by atoms with Crippen LogP contribution in [0.4, 0.5) is 15.9 Å². The van der Waals surface area contributed by atoms with Crippen LogP contribution in [0.5, 0.6) is 11.8 Å². The highest BCUT2D eigenvalue weighted by atomic mass is 19.1. The molecular weight excluding hydrogens is 539 g/mol. The monoisotopic (exact) mass is 572 g/mol. The Morgan fingerprint density at radius 1 is 1.14 bits per heavy atom. The van der Waals surface area contributed by atoms with Gasteiger partial charge in [-0.25, -0.2) is 11.0 Å². The molecule has 0 bridgehead atoms. The number of benzene rings is 2. The molecule has 11 heteroatoms. The molecule has 1 saturated heterocycles. The van der Waals surface area contributed by atoms with Gasteiger partial charge in [0.2, 0.25) is 6.54 Å². The van der Waals surface area contributed by atoms with Crippen LogP contribution in [0.15, 0.2) is 48.8 Å². The minimum Gasteiger partial charge on any atom is -0.508 e. The number of amides is 1. The SMILES string of the molecule is [C-]#[N+]C[C@H]1CN(c2nc(OCCOC3CC3)nc3c2CCN(c2cc(O)cc4ccccc24)C3)CCN1C(=O)C(=C)F. The number of hydrogen-bond acceptors (Lipinski definition) is 8. The highest BCUT2D eigenvalue weighted by Crippen LogP contribution is 2.36. The van der Waals surface area contributed by atoms with Crippen LogP contribution in [-0.2, 0) is 22.5 Å². The zero-order chi connectivity index (χ0) is 29.2. The van der Waals surface area contributed by atoms with Crippen molar-refractivity contribution in [2.45, 2.75) is 38.0 Å². The predicted octanol–water partition coefficient (Wildman–Crippen LogP) is 3.88. The number of anilines is 2. The van der Waals surface area contributed by atoms with Crippen LogP contribution in [0.25, 0.3) is 15.6 Å². The molecule has 1 N–H and O–H groups in total. The molecule has 1 amide bonds. The molecule has 1 atom stereocenters. The van der Waals surface area contributed by atoms with Gasteiger partial charge in [0, 0.05) is 48.9 Å². The number of phenols is 1. The maximum Gasteiger partial charge on any atom is 0.318 e. The van der Waals surface area contributed by atoms with Crippen molar-refractivity contribution in [2.24, 2.45) is 0 Å². The van der Waals surface area contributed by atoms with Gasteiger partial charge in [-0.15, -0.1) is 0 Å². The van der Waals surface area contributed by atoms with E-state index in [9.17, 15) is 14.3 Å². The van der Waals surface area contributed by atoms with E-state index in [1.165, 1.54) is 4.90 Å². The van der Waals surface area contributed by atoms with Gasteiger partial charge in [0.05, 0.1) is 24.9 Å². The molecule has 1 saturated carbocycles. The second kappa shape index (κ2) is 11.8. The smallest absolute Gasteiger partial charge is 0.318 e. The largest absolute Gasteiger partial charge is 0.508 e. The number of piperazine rings is 1. The average molecular weight is 573 g/mol. The summed E-state index contributed by atoms with van der Waals surface area (Å²) in [7, 11) is 0. The molecule has 3 heterocycles. The van der Waals surface area contributed by atoms with Crippen LogP contribution in [0.1, 0.15) is 24.1 Å². The summed E-state index contributed by atoms with van der Waals surface area (Å²) in [6.07, 6.45) is 3.12. The molecule has 218 valence electrons. The van der Waals surface area contributed by atoms with E-state index in [1.54, 1.807) is 12.1 Å². The number of carbonyl (C=O) groups is 1. The van der Waals surface area contributed by atoms with Crippen LogP contribution in [0.2, 0.25) is 0 Å². The summed E-state index contributed by atoms with van der Waals surface area (Å²) in [4.78, 5) is 31.2. The number of carbonyl (C=O) groups excluding carboxylic acids is 1. The minimum absolute atomic E-state index is 0.0447. The molecule has 3 aromatic rings. The van der Waals surface area contributed by atoms with Gasteiger partial charge in [0.1, 0.15) is 24.2 Å². The first-order chi connectivity index (χ1) is 20.4. The second-order valence-corrected chi connectivity index (χ2v) is 10.9. The van der Waals surface area contributed by atoms with Gasteiger partial charge in [-0.05, 0) is 30.7 Å². The summed E-state index contributed by atoms with van der Waals surface area (Å²) in [5, 5.41) is 12.4. The van der Waals surface area contributed by atoms with Crippen LogP contribution in [0, 0.1) is 6.57 Å². The van der Waals surface area contributed by atoms with Gasteiger partial charge in [-0.3, -0.25) is 4.79 Å². The molecule has 2 aliphatic heterocycles. The van der Waals surface area contributed by atoms with E-state index < -0.39 is 17.8 Å². The maximum absolute atomic E-state index is 13.7. The number of halogens is 1. The first kappa shape index (κ1) is 27.7. The lowest BCUT2D eigenvalue weighted by Gasteiger charge is -2.41. The summed E-state index contributed by atoms with van der Waals surface area (Å²) >= 11 is 0. The topological polar surface area (TPSA) is 95.6 Å². The fourth-order valence-electron chi connectivity index (χ4n) is 5.77. The Labute approximate surface area is 243 Å². The maximum atomic E-state index is 13.7. The van der Waals surface area contributed by atoms with Gasteiger partial charge in [0.15, 0.2) is 5.83 Å². The Morgan fingerprint density at radius 3 is 2.76 bits per heavy atom. The van der Waals surface area contributed by atoms with Gasteiger partial charge in [0.25, 0.3) is 5.91 Å². The highest BCUT2D eigenvalue weighted by Gasteiger charge is 2.36. The number of phenolic OH excluding ortho intramolecular Hbond substituents is 1. The molecule has 0 spiro atoms. The molecule has 1 aromatic heterocycles. The van der Waals surface area contributed by atoms with Crippen molar-refractivity contribution < 1.29 is 23.8 Å². The van der Waals surface area contributed by atoms with Crippen LogP contribution in [0.3, 0.4) is 0 Å². The molecule has 3 aliphatic rings. The third kappa shape index (κ3) is 5.81. The third-order valence-electron chi connectivity index (χ3n) is 7.96. The van der Waals surface area contributed by atoms with E-state index in [-0.39, 0.29) is 24.8 Å². The number of aromatic hydroxyl groups is 1. The summed E-state index contributed by atoms with van der Waals surface area (Å²) in [6, 6.07) is 11.2. The van der Waals surface area contributed by atoms with Crippen LogP contribution >= 0.6 is 0 Å². The number of aromatic nitrogens is 2. The zero-order valence-electron chi connectivity index (χ0n) is 23.3. The minimum atomic E-state index is -1.03. The fourth-order valence-corrected chi connectivity index (χ4v) is 5.77. The number of rotatable bonds is 9. The summed E-state index contributed by atoms with van der Waals surface area (Å²) in [5.74, 6) is -0.894. The summed E-state index contributed by atoms with van der Waals surface area (Å²) in [6.45, 7) is 13.5. The van der Waals surface area contributed by atoms with E-state index in [0.29, 0.717) is 57.7 Å². The number of fused-ring (bicyclic) bond motifs is 2. The molecule has 0 radical (unpaired) electrons.